The smallest absolute Gasteiger partial charge is 0.190 e. The lowest BCUT2D eigenvalue weighted by molar-refractivity contribution is -0.256. The first-order chi connectivity index (χ1) is 10.2. The average molecular weight is 302 g/mol. The van der Waals surface area contributed by atoms with Gasteiger partial charge < -0.3 is 23.7 Å². The summed E-state index contributed by atoms with van der Waals surface area (Å²) in [6, 6.07) is 3.61. The van der Waals surface area contributed by atoms with E-state index < -0.39 is 42.5 Å². The maximum atomic E-state index is 13.8. The summed E-state index contributed by atoms with van der Waals surface area (Å²) >= 11 is 0. The zero-order valence-corrected chi connectivity index (χ0v) is 11.6. The number of hydrogen-bond donors (Lipinski definition) is 0. The molecule has 0 N–H and O–H groups in total. The molecular weight excluding hydrogens is 286 g/mol. The second-order valence-corrected chi connectivity index (χ2v) is 4.88. The van der Waals surface area contributed by atoms with Crippen LogP contribution < -0.4 is 0 Å². The molecule has 1 aromatic carbocycles. The Morgan fingerprint density at radius 3 is 2.43 bits per heavy atom. The number of benzene rings is 1. The highest BCUT2D eigenvalue weighted by Gasteiger charge is 2.50. The minimum Gasteiger partial charge on any atom is -0.373 e. The first kappa shape index (κ1) is 14.8. The predicted molar refractivity (Wildman–Crippen MR) is 66.4 cm³/mol. The molecule has 116 valence electrons. The number of fused-ring (bicyclic) bond motifs is 1. The van der Waals surface area contributed by atoms with E-state index in [0.29, 0.717) is 0 Å². The fourth-order valence-corrected chi connectivity index (χ4v) is 2.68. The van der Waals surface area contributed by atoms with Gasteiger partial charge in [-0.05, 0) is 12.1 Å². The van der Waals surface area contributed by atoms with E-state index in [2.05, 4.69) is 0 Å². The fraction of sp³-hybridized carbons (Fsp3) is 0.571. The van der Waals surface area contributed by atoms with Gasteiger partial charge in [-0.2, -0.15) is 0 Å². The highest BCUT2D eigenvalue weighted by atomic mass is 19.1. The molecule has 5 atom stereocenters. The van der Waals surface area contributed by atoms with Gasteiger partial charge in [-0.15, -0.1) is 0 Å². The minimum absolute atomic E-state index is 0.142. The number of ether oxygens (including phenoxy) is 5. The van der Waals surface area contributed by atoms with Crippen LogP contribution in [0.1, 0.15) is 11.9 Å². The van der Waals surface area contributed by atoms with Crippen molar-refractivity contribution in [1.29, 1.82) is 0 Å². The van der Waals surface area contributed by atoms with Crippen LogP contribution in [0.5, 0.6) is 0 Å². The summed E-state index contributed by atoms with van der Waals surface area (Å²) in [7, 11) is 2.99. The molecule has 1 unspecified atom stereocenters. The SMILES string of the molecule is CO[C@H]1O[C@@H]2COC(c3c(F)cccc3F)O[C@@H]2[C@H]1OC. The maximum absolute atomic E-state index is 13.8. The summed E-state index contributed by atoms with van der Waals surface area (Å²) in [5.74, 6) is -1.43. The topological polar surface area (TPSA) is 46.2 Å². The Balaban J connectivity index is 1.83. The monoisotopic (exact) mass is 302 g/mol. The van der Waals surface area contributed by atoms with Gasteiger partial charge in [0.15, 0.2) is 12.6 Å². The second kappa shape index (κ2) is 5.94. The van der Waals surface area contributed by atoms with Crippen LogP contribution in [0.15, 0.2) is 18.2 Å². The highest BCUT2D eigenvalue weighted by molar-refractivity contribution is 5.21. The zero-order chi connectivity index (χ0) is 15.0. The largest absolute Gasteiger partial charge is 0.373 e. The van der Waals surface area contributed by atoms with Gasteiger partial charge in [-0.3, -0.25) is 0 Å². The van der Waals surface area contributed by atoms with Gasteiger partial charge in [-0.25, -0.2) is 8.78 Å². The minimum atomic E-state index is -1.13. The molecule has 5 nitrogen and oxygen atoms in total. The van der Waals surface area contributed by atoms with Crippen LogP contribution in [0.25, 0.3) is 0 Å². The second-order valence-electron chi connectivity index (χ2n) is 4.88. The van der Waals surface area contributed by atoms with Gasteiger partial charge in [0.1, 0.15) is 29.9 Å². The van der Waals surface area contributed by atoms with Crippen molar-refractivity contribution in [1.82, 2.24) is 0 Å². The predicted octanol–water partition coefficient (Wildman–Crippen LogP) is 1.77. The van der Waals surface area contributed by atoms with E-state index in [1.807, 2.05) is 0 Å². The third-order valence-corrected chi connectivity index (χ3v) is 3.70. The van der Waals surface area contributed by atoms with Crippen molar-refractivity contribution in [2.45, 2.75) is 30.9 Å². The van der Waals surface area contributed by atoms with Crippen LogP contribution in [0, 0.1) is 11.6 Å². The Labute approximate surface area is 120 Å². The van der Waals surface area contributed by atoms with Gasteiger partial charge in [0.2, 0.25) is 0 Å². The molecule has 2 fully saturated rings. The molecule has 0 saturated carbocycles. The molecule has 0 amide bonds. The molecule has 7 heteroatoms. The van der Waals surface area contributed by atoms with E-state index >= 15 is 0 Å². The summed E-state index contributed by atoms with van der Waals surface area (Å²) in [6.45, 7) is 0.142. The quantitative estimate of drug-likeness (QED) is 0.851. The Hall–Kier alpha value is -1.12. The van der Waals surface area contributed by atoms with Crippen LogP contribution >= 0.6 is 0 Å². The van der Waals surface area contributed by atoms with Crippen molar-refractivity contribution in [2.24, 2.45) is 0 Å². The molecule has 2 saturated heterocycles. The molecule has 0 aromatic heterocycles. The molecule has 0 aliphatic carbocycles. The molecule has 2 heterocycles. The molecule has 21 heavy (non-hydrogen) atoms. The first-order valence-corrected chi connectivity index (χ1v) is 6.57. The van der Waals surface area contributed by atoms with E-state index in [0.717, 1.165) is 12.1 Å². The van der Waals surface area contributed by atoms with Crippen LogP contribution in [0.4, 0.5) is 8.78 Å². The van der Waals surface area contributed by atoms with E-state index in [1.165, 1.54) is 20.3 Å². The molecule has 2 aliphatic rings. The van der Waals surface area contributed by atoms with Crippen molar-refractivity contribution >= 4 is 0 Å². The maximum Gasteiger partial charge on any atom is 0.190 e. The van der Waals surface area contributed by atoms with Gasteiger partial charge in [0.05, 0.1) is 12.2 Å². The normalized spacial score (nSPS) is 35.7. The Bertz CT molecular complexity index is 492. The zero-order valence-electron chi connectivity index (χ0n) is 11.6. The van der Waals surface area contributed by atoms with Crippen molar-refractivity contribution in [2.75, 3.05) is 20.8 Å². The Morgan fingerprint density at radius 1 is 1.10 bits per heavy atom. The molecule has 3 rings (SSSR count). The third kappa shape index (κ3) is 2.56. The Kier molecular flexibility index (Phi) is 4.19. The van der Waals surface area contributed by atoms with E-state index in [9.17, 15) is 8.78 Å². The standard InChI is InChI=1S/C14H16F2O5/c1-17-12-11-9(20-14(12)18-2)6-19-13(21-11)10-7(15)4-3-5-8(10)16/h3-5,9,11-14H,6H2,1-2H3/t9-,11+,12-,13?,14+/m1/s1. The van der Waals surface area contributed by atoms with E-state index in [4.69, 9.17) is 23.7 Å². The van der Waals surface area contributed by atoms with Crippen molar-refractivity contribution in [3.8, 4) is 0 Å². The van der Waals surface area contributed by atoms with Gasteiger partial charge in [-0.1, -0.05) is 6.07 Å². The third-order valence-electron chi connectivity index (χ3n) is 3.70. The summed E-state index contributed by atoms with van der Waals surface area (Å²) in [6.07, 6.45) is -3.13. The van der Waals surface area contributed by atoms with Crippen molar-refractivity contribution < 1.29 is 32.5 Å². The first-order valence-electron chi connectivity index (χ1n) is 6.57. The lowest BCUT2D eigenvalue weighted by atomic mass is 10.1. The van der Waals surface area contributed by atoms with Crippen LogP contribution in [0.2, 0.25) is 0 Å². The van der Waals surface area contributed by atoms with E-state index in [1.54, 1.807) is 0 Å². The van der Waals surface area contributed by atoms with Gasteiger partial charge in [0.25, 0.3) is 0 Å². The molecular formula is C14H16F2O5. The van der Waals surface area contributed by atoms with Crippen LogP contribution in [-0.2, 0) is 23.7 Å². The van der Waals surface area contributed by atoms with Crippen LogP contribution in [-0.4, -0.2) is 45.4 Å². The fourth-order valence-electron chi connectivity index (χ4n) is 2.68. The van der Waals surface area contributed by atoms with Crippen molar-refractivity contribution in [3.63, 3.8) is 0 Å². The molecule has 0 bridgehead atoms. The number of rotatable bonds is 3. The number of hydrogen-bond acceptors (Lipinski definition) is 5. The Morgan fingerprint density at radius 2 is 1.81 bits per heavy atom. The number of methoxy groups -OCH3 is 2. The summed E-state index contributed by atoms with van der Waals surface area (Å²) in [4.78, 5) is 0. The van der Waals surface area contributed by atoms with E-state index in [-0.39, 0.29) is 12.2 Å². The molecule has 2 aliphatic heterocycles. The van der Waals surface area contributed by atoms with Crippen molar-refractivity contribution in [3.05, 3.63) is 35.4 Å². The molecule has 0 radical (unpaired) electrons. The van der Waals surface area contributed by atoms with Gasteiger partial charge in [0, 0.05) is 14.2 Å². The summed E-state index contributed by atoms with van der Waals surface area (Å²) in [5, 5.41) is 0. The summed E-state index contributed by atoms with van der Waals surface area (Å²) < 4.78 is 54.7. The van der Waals surface area contributed by atoms with Crippen LogP contribution in [0.3, 0.4) is 0 Å². The highest BCUT2D eigenvalue weighted by Crippen LogP contribution is 2.37. The lowest BCUT2D eigenvalue weighted by Gasteiger charge is -2.33. The summed E-state index contributed by atoms with van der Waals surface area (Å²) in [5.41, 5.74) is -0.244. The average Bonchev–Trinajstić information content (AvgIpc) is 2.84. The molecule has 1 aromatic rings. The number of halogens is 2. The lowest BCUT2D eigenvalue weighted by Crippen LogP contribution is -2.44. The van der Waals surface area contributed by atoms with Gasteiger partial charge >= 0.3 is 0 Å². The molecule has 0 spiro atoms.